The Labute approximate surface area is 182 Å². The smallest absolute Gasteiger partial charge is 0.257 e. The van der Waals surface area contributed by atoms with Crippen LogP contribution in [-0.2, 0) is 11.3 Å². The van der Waals surface area contributed by atoms with Gasteiger partial charge in [-0.25, -0.2) is 5.01 Å². The predicted molar refractivity (Wildman–Crippen MR) is 118 cm³/mol. The number of carbonyl (C=O) groups is 1. The lowest BCUT2D eigenvalue weighted by Crippen LogP contribution is -2.36. The van der Waals surface area contributed by atoms with Gasteiger partial charge in [-0.3, -0.25) is 9.69 Å². The van der Waals surface area contributed by atoms with Crippen molar-refractivity contribution in [2.24, 2.45) is 5.10 Å². The molecule has 0 radical (unpaired) electrons. The van der Waals surface area contributed by atoms with Gasteiger partial charge in [-0.05, 0) is 49.4 Å². The number of benzene rings is 2. The Kier molecular flexibility index (Phi) is 5.96. The largest absolute Gasteiger partial charge is 0.467 e. The Hall–Kier alpha value is -3.69. The third kappa shape index (κ3) is 4.73. The first-order chi connectivity index (χ1) is 15.0. The van der Waals surface area contributed by atoms with Crippen LogP contribution in [0.5, 0.6) is 0 Å². The van der Waals surface area contributed by atoms with Gasteiger partial charge in [0.05, 0.1) is 30.2 Å². The Morgan fingerprint density at radius 3 is 2.74 bits per heavy atom. The van der Waals surface area contributed by atoms with Gasteiger partial charge in [0.15, 0.2) is 0 Å². The molecule has 0 N–H and O–H groups in total. The van der Waals surface area contributed by atoms with E-state index >= 15 is 0 Å². The SMILES string of the molecule is Cc1ccc(C2=NN(C(=O)CN(C)Cc3cccc(C#N)c3)C(c3ccco3)C2)cc1. The van der Waals surface area contributed by atoms with Crippen LogP contribution in [0, 0.1) is 18.3 Å². The second kappa shape index (κ2) is 8.99. The first-order valence-corrected chi connectivity index (χ1v) is 10.2. The molecule has 4 rings (SSSR count). The van der Waals surface area contributed by atoms with E-state index in [0.717, 1.165) is 22.6 Å². The average molecular weight is 412 g/mol. The van der Waals surface area contributed by atoms with Gasteiger partial charge >= 0.3 is 0 Å². The molecular weight excluding hydrogens is 388 g/mol. The highest BCUT2D eigenvalue weighted by Gasteiger charge is 2.35. The van der Waals surface area contributed by atoms with Crippen LogP contribution in [0.3, 0.4) is 0 Å². The average Bonchev–Trinajstić information content (AvgIpc) is 3.44. The van der Waals surface area contributed by atoms with Crippen LogP contribution >= 0.6 is 0 Å². The molecule has 6 nitrogen and oxygen atoms in total. The summed E-state index contributed by atoms with van der Waals surface area (Å²) in [5.74, 6) is 0.631. The van der Waals surface area contributed by atoms with Gasteiger partial charge in [-0.1, -0.05) is 42.0 Å². The number of carbonyl (C=O) groups excluding carboxylic acids is 1. The Morgan fingerprint density at radius 1 is 1.23 bits per heavy atom. The summed E-state index contributed by atoms with van der Waals surface area (Å²) in [7, 11) is 1.89. The third-order valence-electron chi connectivity index (χ3n) is 5.34. The number of hydrogen-bond donors (Lipinski definition) is 0. The van der Waals surface area contributed by atoms with E-state index in [2.05, 4.69) is 11.2 Å². The van der Waals surface area contributed by atoms with Crippen LogP contribution in [0.1, 0.15) is 40.5 Å². The van der Waals surface area contributed by atoms with Crippen LogP contribution in [0.4, 0.5) is 0 Å². The molecule has 1 unspecified atom stereocenters. The normalized spacial score (nSPS) is 15.7. The zero-order valence-electron chi connectivity index (χ0n) is 17.7. The van der Waals surface area contributed by atoms with Gasteiger partial charge in [-0.15, -0.1) is 0 Å². The fraction of sp³-hybridized carbons (Fsp3) is 0.240. The number of rotatable bonds is 6. The van der Waals surface area contributed by atoms with Crippen LogP contribution < -0.4 is 0 Å². The van der Waals surface area contributed by atoms with E-state index in [4.69, 9.17) is 9.68 Å². The zero-order valence-corrected chi connectivity index (χ0v) is 17.7. The van der Waals surface area contributed by atoms with Gasteiger partial charge in [0.25, 0.3) is 5.91 Å². The van der Waals surface area contributed by atoms with Gasteiger partial charge < -0.3 is 4.42 Å². The van der Waals surface area contributed by atoms with Crippen molar-refractivity contribution in [2.75, 3.05) is 13.6 Å². The Balaban J connectivity index is 1.51. The van der Waals surface area contributed by atoms with E-state index in [9.17, 15) is 4.79 Å². The van der Waals surface area contributed by atoms with E-state index in [1.165, 1.54) is 5.56 Å². The molecule has 2 heterocycles. The molecule has 1 aromatic heterocycles. The van der Waals surface area contributed by atoms with E-state index in [1.54, 1.807) is 17.3 Å². The number of furan rings is 1. The summed E-state index contributed by atoms with van der Waals surface area (Å²) in [6.45, 7) is 2.82. The second-order valence-corrected chi connectivity index (χ2v) is 7.87. The predicted octanol–water partition coefficient (Wildman–Crippen LogP) is 4.27. The number of amides is 1. The lowest BCUT2D eigenvalue weighted by atomic mass is 10.0. The number of hydrazone groups is 1. The number of nitriles is 1. The molecule has 1 amide bonds. The highest BCUT2D eigenvalue weighted by atomic mass is 16.3. The lowest BCUT2D eigenvalue weighted by Gasteiger charge is -2.23. The highest BCUT2D eigenvalue weighted by molar-refractivity contribution is 6.03. The van der Waals surface area contributed by atoms with Crippen LogP contribution in [0.15, 0.2) is 76.4 Å². The van der Waals surface area contributed by atoms with E-state index in [1.807, 2.05) is 73.5 Å². The fourth-order valence-corrected chi connectivity index (χ4v) is 3.77. The fourth-order valence-electron chi connectivity index (χ4n) is 3.77. The van der Waals surface area contributed by atoms with Gasteiger partial charge in [-0.2, -0.15) is 10.4 Å². The van der Waals surface area contributed by atoms with Crippen molar-refractivity contribution in [3.05, 3.63) is 94.9 Å². The van der Waals surface area contributed by atoms with E-state index in [0.29, 0.717) is 18.5 Å². The maximum Gasteiger partial charge on any atom is 0.257 e. The molecule has 2 aromatic carbocycles. The highest BCUT2D eigenvalue weighted by Crippen LogP contribution is 2.33. The van der Waals surface area contributed by atoms with Crippen molar-refractivity contribution in [1.82, 2.24) is 9.91 Å². The number of likely N-dealkylation sites (N-methyl/N-ethyl adjacent to an activating group) is 1. The summed E-state index contributed by atoms with van der Waals surface area (Å²) in [6, 6.07) is 21.2. The van der Waals surface area contributed by atoms with Crippen molar-refractivity contribution in [3.8, 4) is 6.07 Å². The number of nitrogens with zero attached hydrogens (tertiary/aromatic N) is 4. The molecule has 1 aliphatic heterocycles. The summed E-state index contributed by atoms with van der Waals surface area (Å²) >= 11 is 0. The zero-order chi connectivity index (χ0) is 21.8. The minimum Gasteiger partial charge on any atom is -0.467 e. The molecule has 3 aromatic rings. The van der Waals surface area contributed by atoms with Gasteiger partial charge in [0.2, 0.25) is 0 Å². The van der Waals surface area contributed by atoms with Gasteiger partial charge in [0.1, 0.15) is 11.8 Å². The quantitative estimate of drug-likeness (QED) is 0.606. The van der Waals surface area contributed by atoms with Crippen LogP contribution in [-0.4, -0.2) is 35.1 Å². The van der Waals surface area contributed by atoms with Gasteiger partial charge in [0, 0.05) is 13.0 Å². The van der Waals surface area contributed by atoms with Crippen molar-refractivity contribution in [2.45, 2.75) is 25.9 Å². The van der Waals surface area contributed by atoms with Crippen molar-refractivity contribution >= 4 is 11.6 Å². The minimum atomic E-state index is -0.255. The molecule has 1 atom stereocenters. The summed E-state index contributed by atoms with van der Waals surface area (Å²) in [5, 5.41) is 15.3. The Bertz CT molecular complexity index is 1130. The number of aryl methyl sites for hydroxylation is 1. The molecule has 1 aliphatic rings. The monoisotopic (exact) mass is 412 g/mol. The summed E-state index contributed by atoms with van der Waals surface area (Å²) in [6.07, 6.45) is 2.23. The van der Waals surface area contributed by atoms with Crippen molar-refractivity contribution in [3.63, 3.8) is 0 Å². The summed E-state index contributed by atoms with van der Waals surface area (Å²) in [5.41, 5.74) is 4.67. The van der Waals surface area contributed by atoms with E-state index < -0.39 is 0 Å². The molecule has 0 spiro atoms. The maximum absolute atomic E-state index is 13.2. The molecule has 0 saturated carbocycles. The molecule has 0 saturated heterocycles. The Morgan fingerprint density at radius 2 is 2.03 bits per heavy atom. The molecule has 0 aliphatic carbocycles. The second-order valence-electron chi connectivity index (χ2n) is 7.87. The van der Waals surface area contributed by atoms with Crippen molar-refractivity contribution < 1.29 is 9.21 Å². The maximum atomic E-state index is 13.2. The van der Waals surface area contributed by atoms with Crippen molar-refractivity contribution in [1.29, 1.82) is 5.26 Å². The standard InChI is InChI=1S/C25H24N4O2/c1-18-8-10-21(11-9-18)22-14-23(24-7-4-12-31-24)29(27-22)25(30)17-28(2)16-20-6-3-5-19(13-20)15-26/h3-13,23H,14,16-17H2,1-2H3. The lowest BCUT2D eigenvalue weighted by molar-refractivity contribution is -0.134. The molecule has 6 heteroatoms. The summed E-state index contributed by atoms with van der Waals surface area (Å²) < 4.78 is 5.62. The van der Waals surface area contributed by atoms with Crippen LogP contribution in [0.2, 0.25) is 0 Å². The van der Waals surface area contributed by atoms with Crippen LogP contribution in [0.25, 0.3) is 0 Å². The molecule has 156 valence electrons. The first kappa shape index (κ1) is 20.6. The van der Waals surface area contributed by atoms with E-state index in [-0.39, 0.29) is 18.5 Å². The first-order valence-electron chi connectivity index (χ1n) is 10.2. The molecule has 31 heavy (non-hydrogen) atoms. The molecular formula is C25H24N4O2. The molecule has 0 bridgehead atoms. The minimum absolute atomic E-state index is 0.0950. The summed E-state index contributed by atoms with van der Waals surface area (Å²) in [4.78, 5) is 15.1. The topological polar surface area (TPSA) is 72.8 Å². The molecule has 0 fully saturated rings. The number of hydrogen-bond acceptors (Lipinski definition) is 5. The third-order valence-corrected chi connectivity index (χ3v) is 5.34.